The quantitative estimate of drug-likeness (QED) is 0.725. The Morgan fingerprint density at radius 3 is 2.84 bits per heavy atom. The highest BCUT2D eigenvalue weighted by atomic mass is 35.5. The first-order valence-electron chi connectivity index (χ1n) is 8.40. The average molecular weight is 355 g/mol. The first-order valence-corrected chi connectivity index (χ1v) is 8.78. The predicted molar refractivity (Wildman–Crippen MR) is 97.6 cm³/mol. The van der Waals surface area contributed by atoms with Crippen LogP contribution in [0.15, 0.2) is 42.7 Å². The number of amides is 1. The molecule has 25 heavy (non-hydrogen) atoms. The van der Waals surface area contributed by atoms with Crippen LogP contribution < -0.4 is 0 Å². The van der Waals surface area contributed by atoms with E-state index in [1.54, 1.807) is 6.20 Å². The van der Waals surface area contributed by atoms with Crippen LogP contribution in [0.5, 0.6) is 0 Å². The lowest BCUT2D eigenvalue weighted by Crippen LogP contribution is -2.30. The molecule has 0 radical (unpaired) electrons. The maximum Gasteiger partial charge on any atom is 0.227 e. The van der Waals surface area contributed by atoms with Crippen LogP contribution in [-0.2, 0) is 18.3 Å². The molecule has 0 N–H and O–H groups in total. The molecule has 1 atom stereocenters. The largest absolute Gasteiger partial charge is 0.342 e. The Balaban J connectivity index is 1.47. The van der Waals surface area contributed by atoms with Crippen molar-refractivity contribution < 1.29 is 4.79 Å². The van der Waals surface area contributed by atoms with E-state index >= 15 is 0 Å². The number of rotatable bonds is 3. The molecule has 1 fully saturated rings. The van der Waals surface area contributed by atoms with E-state index in [1.165, 1.54) is 0 Å². The van der Waals surface area contributed by atoms with Gasteiger partial charge in [-0.15, -0.1) is 0 Å². The van der Waals surface area contributed by atoms with E-state index in [0.29, 0.717) is 11.4 Å². The molecule has 3 heterocycles. The minimum Gasteiger partial charge on any atom is -0.342 e. The molecule has 2 aromatic heterocycles. The van der Waals surface area contributed by atoms with Gasteiger partial charge in [-0.05, 0) is 30.2 Å². The van der Waals surface area contributed by atoms with E-state index in [4.69, 9.17) is 16.6 Å². The van der Waals surface area contributed by atoms with Crippen LogP contribution >= 0.6 is 11.6 Å². The van der Waals surface area contributed by atoms with E-state index in [1.807, 2.05) is 48.5 Å². The summed E-state index contributed by atoms with van der Waals surface area (Å²) in [5.74, 6) is 1.46. The zero-order chi connectivity index (χ0) is 17.4. The number of carbonyl (C=O) groups is 1. The second-order valence-corrected chi connectivity index (χ2v) is 6.96. The molecule has 1 aliphatic heterocycles. The van der Waals surface area contributed by atoms with Gasteiger partial charge in [-0.2, -0.15) is 0 Å². The van der Waals surface area contributed by atoms with Gasteiger partial charge in [0, 0.05) is 37.3 Å². The smallest absolute Gasteiger partial charge is 0.227 e. The first-order chi connectivity index (χ1) is 12.1. The summed E-state index contributed by atoms with van der Waals surface area (Å²) < 4.78 is 2.10. The summed E-state index contributed by atoms with van der Waals surface area (Å²) in [5.41, 5.74) is 2.98. The Morgan fingerprint density at radius 1 is 1.28 bits per heavy atom. The Kier molecular flexibility index (Phi) is 4.17. The number of pyridine rings is 1. The second-order valence-electron chi connectivity index (χ2n) is 6.52. The summed E-state index contributed by atoms with van der Waals surface area (Å²) in [5, 5.41) is 0.689. The van der Waals surface area contributed by atoms with Crippen molar-refractivity contribution in [3.8, 4) is 0 Å². The van der Waals surface area contributed by atoms with Gasteiger partial charge in [-0.1, -0.05) is 23.7 Å². The number of halogens is 1. The molecule has 5 nitrogen and oxygen atoms in total. The molecular formula is C19H19ClN4O. The van der Waals surface area contributed by atoms with E-state index < -0.39 is 0 Å². The zero-order valence-electron chi connectivity index (χ0n) is 14.0. The molecule has 1 saturated heterocycles. The minimum absolute atomic E-state index is 0.158. The van der Waals surface area contributed by atoms with Gasteiger partial charge in [0.25, 0.3) is 0 Å². The number of hydrogen-bond donors (Lipinski definition) is 0. The number of hydrogen-bond acceptors (Lipinski definition) is 3. The van der Waals surface area contributed by atoms with Crippen molar-refractivity contribution in [1.82, 2.24) is 19.4 Å². The van der Waals surface area contributed by atoms with Gasteiger partial charge in [-0.3, -0.25) is 9.78 Å². The van der Waals surface area contributed by atoms with Crippen molar-refractivity contribution in [2.24, 2.45) is 7.05 Å². The van der Waals surface area contributed by atoms with Crippen molar-refractivity contribution in [2.75, 3.05) is 13.1 Å². The number of benzene rings is 1. The Bertz CT molecular complexity index is 919. The number of likely N-dealkylation sites (tertiary alicyclic amines) is 1. The summed E-state index contributed by atoms with van der Waals surface area (Å²) in [6.45, 7) is 1.50. The fourth-order valence-corrected chi connectivity index (χ4v) is 3.63. The van der Waals surface area contributed by atoms with Crippen LogP contribution in [0.4, 0.5) is 0 Å². The molecule has 1 amide bonds. The third-order valence-electron chi connectivity index (χ3n) is 4.89. The topological polar surface area (TPSA) is 51.0 Å². The lowest BCUT2D eigenvalue weighted by Gasteiger charge is -2.16. The summed E-state index contributed by atoms with van der Waals surface area (Å²) in [7, 11) is 2.02. The molecule has 4 rings (SSSR count). The zero-order valence-corrected chi connectivity index (χ0v) is 14.8. The molecule has 0 spiro atoms. The number of aromatic nitrogens is 3. The third-order valence-corrected chi connectivity index (χ3v) is 5.14. The van der Waals surface area contributed by atoms with Gasteiger partial charge in [0.15, 0.2) is 0 Å². The highest BCUT2D eigenvalue weighted by Crippen LogP contribution is 2.29. The number of nitrogens with zero attached hydrogens (tertiary/aromatic N) is 4. The Labute approximate surface area is 151 Å². The van der Waals surface area contributed by atoms with Crippen LogP contribution in [0, 0.1) is 0 Å². The average Bonchev–Trinajstić information content (AvgIpc) is 3.22. The fraction of sp³-hybridized carbons (Fsp3) is 0.316. The minimum atomic E-state index is 0.158. The van der Waals surface area contributed by atoms with Gasteiger partial charge in [0.1, 0.15) is 5.82 Å². The van der Waals surface area contributed by atoms with Gasteiger partial charge < -0.3 is 9.47 Å². The first kappa shape index (κ1) is 16.1. The van der Waals surface area contributed by atoms with Gasteiger partial charge in [0.2, 0.25) is 5.91 Å². The van der Waals surface area contributed by atoms with Crippen molar-refractivity contribution in [3.05, 3.63) is 59.1 Å². The van der Waals surface area contributed by atoms with Crippen molar-refractivity contribution >= 4 is 28.5 Å². The third kappa shape index (κ3) is 3.12. The molecule has 0 saturated carbocycles. The van der Waals surface area contributed by atoms with Gasteiger partial charge in [0.05, 0.1) is 23.7 Å². The second kappa shape index (κ2) is 6.48. The van der Waals surface area contributed by atoms with Crippen LogP contribution in [0.3, 0.4) is 0 Å². The standard InChI is InChI=1S/C19H19ClN4O/c1-23-17-11-21-8-6-16(17)22-19(23)14-7-9-24(12-14)18(25)10-13-2-4-15(20)5-3-13/h2-6,8,11,14H,7,9-10,12H2,1H3/t14-/m1/s1. The predicted octanol–water partition coefficient (Wildman–Crippen LogP) is 3.18. The normalized spacial score (nSPS) is 17.4. The lowest BCUT2D eigenvalue weighted by molar-refractivity contribution is -0.129. The molecule has 128 valence electrons. The van der Waals surface area contributed by atoms with Crippen molar-refractivity contribution in [2.45, 2.75) is 18.8 Å². The maximum absolute atomic E-state index is 12.6. The number of carbonyl (C=O) groups excluding carboxylic acids is 1. The van der Waals surface area contributed by atoms with Crippen LogP contribution in [0.1, 0.15) is 23.7 Å². The molecule has 0 aliphatic carbocycles. The van der Waals surface area contributed by atoms with Crippen LogP contribution in [0.25, 0.3) is 11.0 Å². The Hall–Kier alpha value is -2.40. The van der Waals surface area contributed by atoms with E-state index in [-0.39, 0.29) is 11.8 Å². The molecule has 6 heteroatoms. The molecule has 1 aromatic carbocycles. The number of imidazole rings is 1. The highest BCUT2D eigenvalue weighted by Gasteiger charge is 2.30. The highest BCUT2D eigenvalue weighted by molar-refractivity contribution is 6.30. The van der Waals surface area contributed by atoms with Crippen molar-refractivity contribution in [3.63, 3.8) is 0 Å². The van der Waals surface area contributed by atoms with E-state index in [2.05, 4.69) is 9.55 Å². The summed E-state index contributed by atoms with van der Waals surface area (Å²) >= 11 is 5.90. The fourth-order valence-electron chi connectivity index (χ4n) is 3.50. The monoisotopic (exact) mass is 354 g/mol. The maximum atomic E-state index is 12.6. The van der Waals surface area contributed by atoms with E-state index in [9.17, 15) is 4.79 Å². The number of aryl methyl sites for hydroxylation is 1. The molecule has 0 bridgehead atoms. The summed E-state index contributed by atoms with van der Waals surface area (Å²) in [4.78, 5) is 23.5. The van der Waals surface area contributed by atoms with Crippen LogP contribution in [-0.4, -0.2) is 38.4 Å². The molecule has 1 aliphatic rings. The van der Waals surface area contributed by atoms with E-state index in [0.717, 1.165) is 41.9 Å². The molecular weight excluding hydrogens is 336 g/mol. The van der Waals surface area contributed by atoms with Crippen LogP contribution in [0.2, 0.25) is 5.02 Å². The molecule has 3 aromatic rings. The SMILES string of the molecule is Cn1c([C@@H]2CCN(C(=O)Cc3ccc(Cl)cc3)C2)nc2ccncc21. The summed E-state index contributed by atoms with van der Waals surface area (Å²) in [6.07, 6.45) is 4.95. The Morgan fingerprint density at radius 2 is 2.08 bits per heavy atom. The lowest BCUT2D eigenvalue weighted by atomic mass is 10.1. The summed E-state index contributed by atoms with van der Waals surface area (Å²) in [6, 6.07) is 9.39. The van der Waals surface area contributed by atoms with Gasteiger partial charge >= 0.3 is 0 Å². The number of fused-ring (bicyclic) bond motifs is 1. The van der Waals surface area contributed by atoms with Gasteiger partial charge in [-0.25, -0.2) is 4.98 Å². The van der Waals surface area contributed by atoms with Crippen molar-refractivity contribution in [1.29, 1.82) is 0 Å². The molecule has 0 unspecified atom stereocenters.